The lowest BCUT2D eigenvalue weighted by atomic mass is 10.2. The van der Waals surface area contributed by atoms with Crippen LogP contribution in [0, 0.1) is 0 Å². The zero-order valence-corrected chi connectivity index (χ0v) is 8.36. The maximum Gasteiger partial charge on any atom is 0.326 e. The van der Waals surface area contributed by atoms with Crippen molar-refractivity contribution in [3.8, 4) is 0 Å². The van der Waals surface area contributed by atoms with Gasteiger partial charge in [0.1, 0.15) is 12.6 Å². The van der Waals surface area contributed by atoms with Gasteiger partial charge < -0.3 is 20.9 Å². The molecule has 0 spiro atoms. The second-order valence-corrected chi connectivity index (χ2v) is 2.77. The van der Waals surface area contributed by atoms with Crippen LogP contribution in [0.15, 0.2) is 0 Å². The van der Waals surface area contributed by atoms with Gasteiger partial charge in [-0.1, -0.05) is 0 Å². The highest BCUT2D eigenvalue weighted by Gasteiger charge is 2.21. The molecule has 0 bridgehead atoms. The highest BCUT2D eigenvalue weighted by atomic mass is 16.5. The van der Waals surface area contributed by atoms with Crippen LogP contribution in [0.2, 0.25) is 0 Å². The summed E-state index contributed by atoms with van der Waals surface area (Å²) in [7, 11) is 0. The Balaban J connectivity index is 4.10. The SMILES string of the molecule is CCOCC(=O)N[C@@H](CC(N)=O)C(=O)O. The molecule has 4 N–H and O–H groups in total. The fourth-order valence-corrected chi connectivity index (χ4v) is 0.832. The molecule has 7 nitrogen and oxygen atoms in total. The average molecular weight is 218 g/mol. The van der Waals surface area contributed by atoms with Gasteiger partial charge in [-0.2, -0.15) is 0 Å². The third-order valence-corrected chi connectivity index (χ3v) is 1.48. The van der Waals surface area contributed by atoms with Gasteiger partial charge in [-0.05, 0) is 6.92 Å². The third kappa shape index (κ3) is 6.44. The maximum atomic E-state index is 11.0. The molecule has 0 aliphatic heterocycles. The van der Waals surface area contributed by atoms with Crippen molar-refractivity contribution in [2.24, 2.45) is 5.73 Å². The molecule has 7 heteroatoms. The number of nitrogens with one attached hydrogen (secondary N) is 1. The number of rotatable bonds is 7. The quantitative estimate of drug-likeness (QED) is 0.479. The molecule has 0 saturated carbocycles. The number of primary amides is 1. The first-order chi connectivity index (χ1) is 6.97. The number of amides is 2. The molecule has 0 aromatic rings. The molecule has 0 heterocycles. The predicted molar refractivity (Wildman–Crippen MR) is 49.9 cm³/mol. The Hall–Kier alpha value is -1.63. The van der Waals surface area contributed by atoms with Crippen LogP contribution in [0.4, 0.5) is 0 Å². The Labute approximate surface area is 86.6 Å². The lowest BCUT2D eigenvalue weighted by Crippen LogP contribution is -2.44. The van der Waals surface area contributed by atoms with E-state index in [1.807, 2.05) is 0 Å². The van der Waals surface area contributed by atoms with E-state index in [-0.39, 0.29) is 6.61 Å². The van der Waals surface area contributed by atoms with Crippen molar-refractivity contribution >= 4 is 17.8 Å². The third-order valence-electron chi connectivity index (χ3n) is 1.48. The van der Waals surface area contributed by atoms with Gasteiger partial charge in [0.05, 0.1) is 6.42 Å². The van der Waals surface area contributed by atoms with Gasteiger partial charge >= 0.3 is 5.97 Å². The molecule has 0 rings (SSSR count). The summed E-state index contributed by atoms with van der Waals surface area (Å²) < 4.78 is 4.76. The van der Waals surface area contributed by atoms with Gasteiger partial charge in [0, 0.05) is 6.61 Å². The summed E-state index contributed by atoms with van der Waals surface area (Å²) in [5.41, 5.74) is 4.82. The van der Waals surface area contributed by atoms with Crippen LogP contribution in [0.3, 0.4) is 0 Å². The van der Waals surface area contributed by atoms with Crippen LogP contribution in [-0.2, 0) is 19.1 Å². The molecule has 2 amide bonds. The van der Waals surface area contributed by atoms with E-state index in [9.17, 15) is 14.4 Å². The first-order valence-electron chi connectivity index (χ1n) is 4.35. The van der Waals surface area contributed by atoms with Gasteiger partial charge in [-0.3, -0.25) is 9.59 Å². The first-order valence-corrected chi connectivity index (χ1v) is 4.35. The van der Waals surface area contributed by atoms with E-state index >= 15 is 0 Å². The smallest absolute Gasteiger partial charge is 0.326 e. The summed E-state index contributed by atoms with van der Waals surface area (Å²) in [5.74, 6) is -2.69. The predicted octanol–water partition coefficient (Wildman–Crippen LogP) is -1.53. The number of carboxylic acid groups (broad SMARTS) is 1. The minimum Gasteiger partial charge on any atom is -0.480 e. The highest BCUT2D eigenvalue weighted by molar-refractivity contribution is 5.88. The summed E-state index contributed by atoms with van der Waals surface area (Å²) in [6.07, 6.45) is -0.437. The Morgan fingerprint density at radius 2 is 2.07 bits per heavy atom. The van der Waals surface area contributed by atoms with Gasteiger partial charge in [-0.25, -0.2) is 4.79 Å². The largest absolute Gasteiger partial charge is 0.480 e. The van der Waals surface area contributed by atoms with Gasteiger partial charge in [-0.15, -0.1) is 0 Å². The monoisotopic (exact) mass is 218 g/mol. The maximum absolute atomic E-state index is 11.0. The fourth-order valence-electron chi connectivity index (χ4n) is 0.832. The number of hydrogen-bond acceptors (Lipinski definition) is 4. The molecule has 0 fully saturated rings. The van der Waals surface area contributed by atoms with Crippen molar-refractivity contribution in [3.05, 3.63) is 0 Å². The van der Waals surface area contributed by atoms with Crippen molar-refractivity contribution in [1.29, 1.82) is 0 Å². The number of carbonyl (C=O) groups is 3. The number of carboxylic acids is 1. The van der Waals surface area contributed by atoms with Crippen LogP contribution < -0.4 is 11.1 Å². The standard InChI is InChI=1S/C8H14N2O5/c1-2-15-4-7(12)10-5(8(13)14)3-6(9)11/h5H,2-4H2,1H3,(H2,9,11)(H,10,12)(H,13,14)/t5-/m0/s1. The molecule has 0 radical (unpaired) electrons. The summed E-state index contributed by atoms with van der Waals surface area (Å²) in [5, 5.41) is 10.8. The lowest BCUT2D eigenvalue weighted by Gasteiger charge is -2.12. The average Bonchev–Trinajstić information content (AvgIpc) is 2.12. The van der Waals surface area contributed by atoms with E-state index in [2.05, 4.69) is 5.32 Å². The zero-order chi connectivity index (χ0) is 11.8. The highest BCUT2D eigenvalue weighted by Crippen LogP contribution is 1.91. The number of nitrogens with two attached hydrogens (primary N) is 1. The molecule has 0 unspecified atom stereocenters. The van der Waals surface area contributed by atoms with E-state index in [0.29, 0.717) is 6.61 Å². The molecule has 0 aromatic carbocycles. The van der Waals surface area contributed by atoms with Crippen molar-refractivity contribution < 1.29 is 24.2 Å². The number of aliphatic carboxylic acids is 1. The molecule has 0 aliphatic carbocycles. The van der Waals surface area contributed by atoms with Crippen LogP contribution in [0.25, 0.3) is 0 Å². The van der Waals surface area contributed by atoms with E-state index in [4.69, 9.17) is 15.6 Å². The molecule has 15 heavy (non-hydrogen) atoms. The Bertz CT molecular complexity index is 253. The second kappa shape index (κ2) is 6.77. The summed E-state index contributed by atoms with van der Waals surface area (Å²) in [4.78, 5) is 32.1. The van der Waals surface area contributed by atoms with Crippen LogP contribution in [0.1, 0.15) is 13.3 Å². The van der Waals surface area contributed by atoms with Crippen molar-refractivity contribution in [3.63, 3.8) is 0 Å². The molecular formula is C8H14N2O5. The molecule has 0 aromatic heterocycles. The minimum absolute atomic E-state index is 0.237. The zero-order valence-electron chi connectivity index (χ0n) is 8.36. The Morgan fingerprint density at radius 3 is 2.47 bits per heavy atom. The lowest BCUT2D eigenvalue weighted by molar-refractivity contribution is -0.144. The van der Waals surface area contributed by atoms with Crippen LogP contribution in [-0.4, -0.2) is 42.1 Å². The first kappa shape index (κ1) is 13.4. The molecule has 86 valence electrons. The molecule has 1 atom stereocenters. The molecule has 0 saturated heterocycles. The van der Waals surface area contributed by atoms with E-state index in [1.165, 1.54) is 0 Å². The topological polar surface area (TPSA) is 119 Å². The van der Waals surface area contributed by atoms with Crippen LogP contribution >= 0.6 is 0 Å². The second-order valence-electron chi connectivity index (χ2n) is 2.77. The van der Waals surface area contributed by atoms with E-state index in [0.717, 1.165) is 0 Å². The van der Waals surface area contributed by atoms with Gasteiger partial charge in [0.2, 0.25) is 11.8 Å². The number of hydrogen-bond donors (Lipinski definition) is 3. The minimum atomic E-state index is -1.31. The van der Waals surface area contributed by atoms with Crippen molar-refractivity contribution in [1.82, 2.24) is 5.32 Å². The summed E-state index contributed by atoms with van der Waals surface area (Å²) in [6, 6.07) is -1.30. The fraction of sp³-hybridized carbons (Fsp3) is 0.625. The van der Waals surface area contributed by atoms with Crippen LogP contribution in [0.5, 0.6) is 0 Å². The van der Waals surface area contributed by atoms with Gasteiger partial charge in [0.15, 0.2) is 0 Å². The van der Waals surface area contributed by atoms with Crippen molar-refractivity contribution in [2.45, 2.75) is 19.4 Å². The summed E-state index contributed by atoms with van der Waals surface area (Å²) >= 11 is 0. The summed E-state index contributed by atoms with van der Waals surface area (Å²) in [6.45, 7) is 1.81. The Morgan fingerprint density at radius 1 is 1.47 bits per heavy atom. The number of carbonyl (C=O) groups excluding carboxylic acids is 2. The van der Waals surface area contributed by atoms with Gasteiger partial charge in [0.25, 0.3) is 0 Å². The molecule has 0 aliphatic rings. The van der Waals surface area contributed by atoms with E-state index < -0.39 is 30.2 Å². The number of ether oxygens (including phenoxy) is 1. The molecular weight excluding hydrogens is 204 g/mol. The van der Waals surface area contributed by atoms with E-state index in [1.54, 1.807) is 6.92 Å². The Kier molecular flexibility index (Phi) is 6.03. The van der Waals surface area contributed by atoms with Crippen molar-refractivity contribution in [2.75, 3.05) is 13.2 Å². The normalized spacial score (nSPS) is 11.8.